The maximum Gasteiger partial charge on any atom is 0.253 e. The Morgan fingerprint density at radius 1 is 1.26 bits per heavy atom. The molecule has 2 N–H and O–H groups in total. The number of rotatable bonds is 6. The van der Waals surface area contributed by atoms with Gasteiger partial charge in [0, 0.05) is 18.9 Å². The smallest absolute Gasteiger partial charge is 0.253 e. The molecule has 1 aliphatic rings. The Morgan fingerprint density at radius 2 is 2.04 bits per heavy atom. The first-order chi connectivity index (χ1) is 12.9. The molecule has 0 aromatic carbocycles. The van der Waals surface area contributed by atoms with Crippen LogP contribution < -0.4 is 10.6 Å². The van der Waals surface area contributed by atoms with Crippen molar-refractivity contribution in [2.45, 2.75) is 45.2 Å². The van der Waals surface area contributed by atoms with Gasteiger partial charge in [0.05, 0.1) is 34.8 Å². The van der Waals surface area contributed by atoms with Gasteiger partial charge in [-0.05, 0) is 36.1 Å². The summed E-state index contributed by atoms with van der Waals surface area (Å²) in [6.45, 7) is 6.88. The standard InChI is InChI=1S/C19H24N4O3S/c1-11(2)17-18-14(8-21-17)6-15(9-22-18)19(24)23-10-16-5-4-13(7-20-16)12(3)27(25)26/h4-7,9,11-12,17,21,27H,8,10H2,1-3H3,(H,23,24)/t12?,17-/m0/s1. The van der Waals surface area contributed by atoms with Gasteiger partial charge < -0.3 is 10.6 Å². The second-order valence-corrected chi connectivity index (χ2v) is 8.44. The van der Waals surface area contributed by atoms with Gasteiger partial charge in [-0.15, -0.1) is 0 Å². The van der Waals surface area contributed by atoms with Crippen molar-refractivity contribution in [3.05, 3.63) is 58.7 Å². The number of amides is 1. The van der Waals surface area contributed by atoms with Gasteiger partial charge in [-0.3, -0.25) is 14.8 Å². The average Bonchev–Trinajstić information content (AvgIpc) is 3.09. The second kappa shape index (κ2) is 8.14. The molecule has 0 fully saturated rings. The molecular weight excluding hydrogens is 364 g/mol. The number of carbonyl (C=O) groups is 1. The number of nitrogens with one attached hydrogen (secondary N) is 2. The summed E-state index contributed by atoms with van der Waals surface area (Å²) in [5.41, 5.74) is 3.90. The molecule has 144 valence electrons. The molecule has 27 heavy (non-hydrogen) atoms. The Morgan fingerprint density at radius 3 is 2.67 bits per heavy atom. The largest absolute Gasteiger partial charge is 0.346 e. The fourth-order valence-corrected chi connectivity index (χ4v) is 3.51. The van der Waals surface area contributed by atoms with Crippen LogP contribution in [-0.2, 0) is 23.8 Å². The van der Waals surface area contributed by atoms with E-state index in [9.17, 15) is 13.2 Å². The summed E-state index contributed by atoms with van der Waals surface area (Å²) in [5.74, 6) is 0.232. The number of hydrogen-bond acceptors (Lipinski definition) is 6. The lowest BCUT2D eigenvalue weighted by Crippen LogP contribution is -2.24. The zero-order valence-electron chi connectivity index (χ0n) is 15.6. The highest BCUT2D eigenvalue weighted by atomic mass is 32.2. The van der Waals surface area contributed by atoms with E-state index >= 15 is 0 Å². The molecule has 8 heteroatoms. The molecule has 0 bridgehead atoms. The predicted octanol–water partition coefficient (Wildman–Crippen LogP) is 1.88. The van der Waals surface area contributed by atoms with Crippen LogP contribution in [0.25, 0.3) is 0 Å². The third-order valence-electron chi connectivity index (χ3n) is 4.81. The van der Waals surface area contributed by atoms with Gasteiger partial charge in [-0.1, -0.05) is 19.9 Å². The molecule has 1 aliphatic heterocycles. The molecule has 2 aromatic rings. The number of aromatic nitrogens is 2. The zero-order chi connectivity index (χ0) is 19.6. The number of carbonyl (C=O) groups excluding carboxylic acids is 1. The quantitative estimate of drug-likeness (QED) is 0.653. The number of nitrogens with zero attached hydrogens (tertiary/aromatic N) is 2. The third-order valence-corrected chi connectivity index (χ3v) is 5.74. The molecular formula is C19H24N4O3S. The number of fused-ring (bicyclic) bond motifs is 1. The van der Waals surface area contributed by atoms with Crippen molar-refractivity contribution >= 4 is 16.6 Å². The molecule has 0 radical (unpaired) electrons. The van der Waals surface area contributed by atoms with Crippen LogP contribution in [0.5, 0.6) is 0 Å². The van der Waals surface area contributed by atoms with Crippen molar-refractivity contribution in [2.75, 3.05) is 0 Å². The number of pyridine rings is 2. The molecule has 1 unspecified atom stereocenters. The minimum absolute atomic E-state index is 0.208. The van der Waals surface area contributed by atoms with Crippen molar-refractivity contribution in [1.82, 2.24) is 20.6 Å². The minimum Gasteiger partial charge on any atom is -0.346 e. The molecule has 0 spiro atoms. The molecule has 1 amide bonds. The Kier molecular flexibility index (Phi) is 5.86. The SMILES string of the molecule is CC(C)[C@@H]1NCc2cc(C(=O)NCc3ccc(C(C)[SH](=O)=O)cn3)cnc21. The molecule has 2 atom stereocenters. The van der Waals surface area contributed by atoms with Crippen LogP contribution in [0.2, 0.25) is 0 Å². The summed E-state index contributed by atoms with van der Waals surface area (Å²) in [4.78, 5) is 21.1. The third kappa shape index (κ3) is 4.33. The molecule has 0 saturated carbocycles. The van der Waals surface area contributed by atoms with Crippen LogP contribution in [0.15, 0.2) is 30.6 Å². The van der Waals surface area contributed by atoms with Crippen molar-refractivity contribution in [2.24, 2.45) is 5.92 Å². The van der Waals surface area contributed by atoms with Crippen LogP contribution in [0.1, 0.15) is 64.9 Å². The topological polar surface area (TPSA) is 101 Å². The van der Waals surface area contributed by atoms with Gasteiger partial charge in [0.1, 0.15) is 10.7 Å². The van der Waals surface area contributed by atoms with Crippen LogP contribution >= 0.6 is 0 Å². The lowest BCUT2D eigenvalue weighted by molar-refractivity contribution is 0.0950. The van der Waals surface area contributed by atoms with E-state index in [0.717, 1.165) is 17.8 Å². The van der Waals surface area contributed by atoms with Crippen molar-refractivity contribution in [1.29, 1.82) is 0 Å². The first kappa shape index (κ1) is 19.4. The van der Waals surface area contributed by atoms with E-state index in [0.29, 0.717) is 22.7 Å². The van der Waals surface area contributed by atoms with Gasteiger partial charge in [-0.25, -0.2) is 8.42 Å². The first-order valence-electron chi connectivity index (χ1n) is 8.95. The van der Waals surface area contributed by atoms with E-state index in [2.05, 4.69) is 34.4 Å². The number of thiol groups is 1. The number of hydrogen-bond donors (Lipinski definition) is 3. The molecule has 0 saturated heterocycles. The van der Waals surface area contributed by atoms with Crippen LogP contribution in [0, 0.1) is 5.92 Å². The van der Waals surface area contributed by atoms with Gasteiger partial charge in [0.25, 0.3) is 5.91 Å². The maximum absolute atomic E-state index is 12.4. The predicted molar refractivity (Wildman–Crippen MR) is 103 cm³/mol. The van der Waals surface area contributed by atoms with Gasteiger partial charge in [-0.2, -0.15) is 0 Å². The summed E-state index contributed by atoms with van der Waals surface area (Å²) in [5, 5.41) is 5.68. The second-order valence-electron chi connectivity index (χ2n) is 7.10. The Bertz CT molecular complexity index is 902. The van der Waals surface area contributed by atoms with Gasteiger partial charge in [0.15, 0.2) is 0 Å². The molecule has 2 aromatic heterocycles. The molecule has 0 aliphatic carbocycles. The molecule has 3 heterocycles. The lowest BCUT2D eigenvalue weighted by Gasteiger charge is -2.15. The summed E-state index contributed by atoms with van der Waals surface area (Å²) in [7, 11) is -2.53. The first-order valence-corrected chi connectivity index (χ1v) is 10.2. The fraction of sp³-hybridized carbons (Fsp3) is 0.421. The van der Waals surface area contributed by atoms with Gasteiger partial charge >= 0.3 is 0 Å². The van der Waals surface area contributed by atoms with E-state index in [1.807, 2.05) is 6.07 Å². The van der Waals surface area contributed by atoms with Crippen molar-refractivity contribution in [3.63, 3.8) is 0 Å². The fourth-order valence-electron chi connectivity index (χ4n) is 3.12. The Balaban J connectivity index is 1.63. The minimum atomic E-state index is -2.53. The molecule has 7 nitrogen and oxygen atoms in total. The average molecular weight is 388 g/mol. The van der Waals surface area contributed by atoms with E-state index in [-0.39, 0.29) is 18.5 Å². The maximum atomic E-state index is 12.4. The van der Waals surface area contributed by atoms with E-state index in [4.69, 9.17) is 0 Å². The summed E-state index contributed by atoms with van der Waals surface area (Å²) in [6, 6.07) is 5.56. The highest BCUT2D eigenvalue weighted by Crippen LogP contribution is 2.29. The summed E-state index contributed by atoms with van der Waals surface area (Å²) >= 11 is 0. The van der Waals surface area contributed by atoms with E-state index < -0.39 is 16.0 Å². The Hall–Kier alpha value is -2.32. The monoisotopic (exact) mass is 388 g/mol. The van der Waals surface area contributed by atoms with Crippen molar-refractivity contribution < 1.29 is 13.2 Å². The highest BCUT2D eigenvalue weighted by Gasteiger charge is 2.26. The summed E-state index contributed by atoms with van der Waals surface area (Å²) < 4.78 is 22.1. The van der Waals surface area contributed by atoms with Gasteiger partial charge in [0.2, 0.25) is 0 Å². The van der Waals surface area contributed by atoms with Crippen LogP contribution in [0.4, 0.5) is 0 Å². The van der Waals surface area contributed by atoms with E-state index in [1.54, 1.807) is 25.3 Å². The summed E-state index contributed by atoms with van der Waals surface area (Å²) in [6.07, 6.45) is 3.14. The normalized spacial score (nSPS) is 17.1. The molecule has 3 rings (SSSR count). The van der Waals surface area contributed by atoms with Crippen LogP contribution in [0.3, 0.4) is 0 Å². The lowest BCUT2D eigenvalue weighted by atomic mass is 10.0. The van der Waals surface area contributed by atoms with Crippen molar-refractivity contribution in [3.8, 4) is 0 Å². The van der Waals surface area contributed by atoms with Crippen LogP contribution in [-0.4, -0.2) is 24.3 Å². The Labute approximate surface area is 160 Å². The van der Waals surface area contributed by atoms with E-state index in [1.165, 1.54) is 6.20 Å². The highest BCUT2D eigenvalue weighted by molar-refractivity contribution is 7.72. The zero-order valence-corrected chi connectivity index (χ0v) is 16.5.